The number of rotatable bonds is 9. The van der Waals surface area contributed by atoms with E-state index in [4.69, 9.17) is 0 Å². The van der Waals surface area contributed by atoms with Crippen LogP contribution in [0.2, 0.25) is 0 Å². The first-order valence-corrected chi connectivity index (χ1v) is 10.00. The number of hydrogen-bond acceptors (Lipinski definition) is 4. The van der Waals surface area contributed by atoms with Crippen LogP contribution in [-0.4, -0.2) is 45.4 Å². The molecule has 0 saturated heterocycles. The van der Waals surface area contributed by atoms with Crippen molar-refractivity contribution in [2.45, 2.75) is 25.8 Å². The molecule has 27 heavy (non-hydrogen) atoms. The molecule has 2 aromatic rings. The van der Waals surface area contributed by atoms with Crippen molar-refractivity contribution in [1.82, 2.24) is 9.88 Å². The molecule has 0 radical (unpaired) electrons. The summed E-state index contributed by atoms with van der Waals surface area (Å²) in [6.45, 7) is 1.96. The number of aliphatic carboxylic acids is 1. The van der Waals surface area contributed by atoms with Crippen LogP contribution in [0.4, 0.5) is 0 Å². The first-order valence-electron chi connectivity index (χ1n) is 8.60. The van der Waals surface area contributed by atoms with Gasteiger partial charge in [0.25, 0.3) is 0 Å². The number of aromatic nitrogens is 1. The molecule has 0 spiro atoms. The molecule has 1 heterocycles. The van der Waals surface area contributed by atoms with Crippen LogP contribution >= 0.6 is 11.8 Å². The number of ketones is 1. The summed E-state index contributed by atoms with van der Waals surface area (Å²) in [6.07, 6.45) is 2.27. The number of carboxylic acids is 1. The van der Waals surface area contributed by atoms with Gasteiger partial charge >= 0.3 is 5.97 Å². The van der Waals surface area contributed by atoms with Gasteiger partial charge < -0.3 is 15.0 Å². The van der Waals surface area contributed by atoms with Crippen molar-refractivity contribution >= 4 is 29.4 Å². The number of carboxylic acid groups (broad SMARTS) is 1. The number of nitrogens with one attached hydrogen (secondary N) is 1. The quantitative estimate of drug-likeness (QED) is 0.644. The minimum absolute atomic E-state index is 0.0146. The first-order chi connectivity index (χ1) is 12.8. The third-order valence-electron chi connectivity index (χ3n) is 4.36. The molecule has 7 heteroatoms. The van der Waals surface area contributed by atoms with Crippen LogP contribution in [0.25, 0.3) is 0 Å². The zero-order valence-electron chi connectivity index (χ0n) is 15.7. The second kappa shape index (κ2) is 9.41. The minimum Gasteiger partial charge on any atom is -0.480 e. The van der Waals surface area contributed by atoms with E-state index in [9.17, 15) is 19.5 Å². The molecule has 0 aliphatic rings. The fraction of sp³-hybridized carbons (Fsp3) is 0.350. The number of aryl methyl sites for hydroxylation is 1. The molecule has 0 aliphatic carbocycles. The molecule has 0 fully saturated rings. The van der Waals surface area contributed by atoms with Crippen molar-refractivity contribution in [2.24, 2.45) is 7.05 Å². The Kier molecular flexibility index (Phi) is 7.24. The zero-order valence-corrected chi connectivity index (χ0v) is 16.5. The van der Waals surface area contributed by atoms with E-state index in [2.05, 4.69) is 5.32 Å². The Labute approximate surface area is 163 Å². The standard InChI is InChI=1S/C20H24N2O4S/c1-13-4-6-14(7-5-13)19(24)17-9-8-15(22(17)2)12-18(23)21-16(20(25)26)10-11-27-3/h4-9,16H,10-12H2,1-3H3,(H,21,23)(H,25,26). The summed E-state index contributed by atoms with van der Waals surface area (Å²) in [4.78, 5) is 36.2. The number of carbonyl (C=O) groups is 3. The maximum atomic E-state index is 12.7. The average Bonchev–Trinajstić information content (AvgIpc) is 2.99. The highest BCUT2D eigenvalue weighted by atomic mass is 32.2. The second-order valence-electron chi connectivity index (χ2n) is 6.38. The summed E-state index contributed by atoms with van der Waals surface area (Å²) in [5, 5.41) is 11.8. The lowest BCUT2D eigenvalue weighted by molar-refractivity contribution is -0.141. The van der Waals surface area contributed by atoms with Crippen LogP contribution in [0.5, 0.6) is 0 Å². The van der Waals surface area contributed by atoms with E-state index in [1.165, 1.54) is 11.8 Å². The van der Waals surface area contributed by atoms with E-state index in [1.807, 2.05) is 25.3 Å². The van der Waals surface area contributed by atoms with Crippen LogP contribution in [0.15, 0.2) is 36.4 Å². The molecule has 1 amide bonds. The number of benzene rings is 1. The number of thioether (sulfide) groups is 1. The highest BCUT2D eigenvalue weighted by molar-refractivity contribution is 7.98. The van der Waals surface area contributed by atoms with Gasteiger partial charge in [0, 0.05) is 18.3 Å². The van der Waals surface area contributed by atoms with Gasteiger partial charge in [-0.15, -0.1) is 0 Å². The molecule has 1 atom stereocenters. The molecular formula is C20H24N2O4S. The van der Waals surface area contributed by atoms with Gasteiger partial charge in [0.2, 0.25) is 11.7 Å². The summed E-state index contributed by atoms with van der Waals surface area (Å²) >= 11 is 1.53. The molecule has 0 bridgehead atoms. The molecule has 144 valence electrons. The van der Waals surface area contributed by atoms with Crippen molar-refractivity contribution in [3.8, 4) is 0 Å². The molecular weight excluding hydrogens is 364 g/mol. The Hall–Kier alpha value is -2.54. The maximum Gasteiger partial charge on any atom is 0.326 e. The van der Waals surface area contributed by atoms with E-state index in [0.717, 1.165) is 5.56 Å². The normalized spacial score (nSPS) is 11.8. The number of carbonyl (C=O) groups excluding carboxylic acids is 2. The highest BCUT2D eigenvalue weighted by Crippen LogP contribution is 2.15. The summed E-state index contributed by atoms with van der Waals surface area (Å²) in [7, 11) is 1.73. The van der Waals surface area contributed by atoms with Gasteiger partial charge in [-0.2, -0.15) is 11.8 Å². The molecule has 2 N–H and O–H groups in total. The number of nitrogens with zero attached hydrogens (tertiary/aromatic N) is 1. The summed E-state index contributed by atoms with van der Waals surface area (Å²) < 4.78 is 1.68. The summed E-state index contributed by atoms with van der Waals surface area (Å²) in [6, 6.07) is 9.82. The monoisotopic (exact) mass is 388 g/mol. The molecule has 2 rings (SSSR count). The van der Waals surface area contributed by atoms with E-state index in [1.54, 1.807) is 35.9 Å². The Balaban J connectivity index is 2.08. The second-order valence-corrected chi connectivity index (χ2v) is 7.37. The Morgan fingerprint density at radius 2 is 1.81 bits per heavy atom. The summed E-state index contributed by atoms with van der Waals surface area (Å²) in [5.41, 5.74) is 2.79. The topological polar surface area (TPSA) is 88.4 Å². The van der Waals surface area contributed by atoms with Crippen molar-refractivity contribution in [3.05, 3.63) is 58.9 Å². The van der Waals surface area contributed by atoms with Gasteiger partial charge in [-0.05, 0) is 37.5 Å². The van der Waals surface area contributed by atoms with Crippen LogP contribution in [0, 0.1) is 6.92 Å². The number of amides is 1. The van der Waals surface area contributed by atoms with Gasteiger partial charge in [-0.3, -0.25) is 9.59 Å². The molecule has 1 unspecified atom stereocenters. The third kappa shape index (κ3) is 5.47. The summed E-state index contributed by atoms with van der Waals surface area (Å²) in [5.74, 6) is -0.887. The van der Waals surface area contributed by atoms with Gasteiger partial charge in [0.1, 0.15) is 6.04 Å². The van der Waals surface area contributed by atoms with Gasteiger partial charge in [-0.1, -0.05) is 29.8 Å². The van der Waals surface area contributed by atoms with Crippen molar-refractivity contribution < 1.29 is 19.5 Å². The average molecular weight is 388 g/mol. The smallest absolute Gasteiger partial charge is 0.326 e. The maximum absolute atomic E-state index is 12.7. The molecule has 1 aromatic carbocycles. The van der Waals surface area contributed by atoms with Gasteiger partial charge in [0.15, 0.2) is 0 Å². The lowest BCUT2D eigenvalue weighted by Crippen LogP contribution is -2.42. The largest absolute Gasteiger partial charge is 0.480 e. The molecule has 0 saturated carbocycles. The van der Waals surface area contributed by atoms with Crippen LogP contribution < -0.4 is 5.32 Å². The van der Waals surface area contributed by atoms with E-state index in [-0.39, 0.29) is 18.1 Å². The SMILES string of the molecule is CSCCC(NC(=O)Cc1ccc(C(=O)c2ccc(C)cc2)n1C)C(=O)O. The van der Waals surface area contributed by atoms with Crippen molar-refractivity contribution in [1.29, 1.82) is 0 Å². The van der Waals surface area contributed by atoms with E-state index < -0.39 is 12.0 Å². The molecule has 0 aliphatic heterocycles. The Morgan fingerprint density at radius 3 is 2.41 bits per heavy atom. The fourth-order valence-corrected chi connectivity index (χ4v) is 3.19. The first kappa shape index (κ1) is 20.8. The minimum atomic E-state index is -1.04. The van der Waals surface area contributed by atoms with Gasteiger partial charge in [-0.25, -0.2) is 4.79 Å². The third-order valence-corrected chi connectivity index (χ3v) is 5.00. The van der Waals surface area contributed by atoms with E-state index >= 15 is 0 Å². The lowest BCUT2D eigenvalue weighted by atomic mass is 10.1. The highest BCUT2D eigenvalue weighted by Gasteiger charge is 2.21. The Morgan fingerprint density at radius 1 is 1.15 bits per heavy atom. The van der Waals surface area contributed by atoms with Gasteiger partial charge in [0.05, 0.1) is 12.1 Å². The van der Waals surface area contributed by atoms with E-state index in [0.29, 0.717) is 29.1 Å². The zero-order chi connectivity index (χ0) is 20.0. The Bertz CT molecular complexity index is 827. The molecule has 6 nitrogen and oxygen atoms in total. The predicted molar refractivity (Wildman–Crippen MR) is 106 cm³/mol. The van der Waals surface area contributed by atoms with Crippen LogP contribution in [-0.2, 0) is 23.1 Å². The van der Waals surface area contributed by atoms with Crippen molar-refractivity contribution in [2.75, 3.05) is 12.0 Å². The van der Waals surface area contributed by atoms with Crippen LogP contribution in [0.1, 0.15) is 33.7 Å². The number of hydrogen-bond donors (Lipinski definition) is 2. The fourth-order valence-electron chi connectivity index (χ4n) is 2.71. The molecule has 1 aromatic heterocycles. The van der Waals surface area contributed by atoms with Crippen molar-refractivity contribution in [3.63, 3.8) is 0 Å². The predicted octanol–water partition coefficient (Wildman–Crippen LogP) is 2.43. The van der Waals surface area contributed by atoms with Crippen LogP contribution in [0.3, 0.4) is 0 Å². The lowest BCUT2D eigenvalue weighted by Gasteiger charge is -2.14.